The number of carbonyl (C=O) groups is 2. The summed E-state index contributed by atoms with van der Waals surface area (Å²) in [4.78, 5) is 25.4. The van der Waals surface area contributed by atoms with Gasteiger partial charge in [-0.2, -0.15) is 13.2 Å². The average molecular weight is 311 g/mol. The number of amides is 2. The van der Waals surface area contributed by atoms with Crippen molar-refractivity contribution in [3.8, 4) is 0 Å². The predicted molar refractivity (Wildman–Crippen MR) is 68.9 cm³/mol. The van der Waals surface area contributed by atoms with Crippen LogP contribution in [-0.4, -0.2) is 71.8 Å². The van der Waals surface area contributed by atoms with Crippen molar-refractivity contribution in [1.82, 2.24) is 15.1 Å². The molecule has 1 fully saturated rings. The fraction of sp³-hybridized carbons (Fsp3) is 0.833. The van der Waals surface area contributed by atoms with E-state index in [4.69, 9.17) is 5.11 Å². The molecule has 1 atom stereocenters. The lowest BCUT2D eigenvalue weighted by Crippen LogP contribution is -2.55. The van der Waals surface area contributed by atoms with Crippen LogP contribution in [0.1, 0.15) is 19.8 Å². The Labute approximate surface area is 120 Å². The molecule has 9 heteroatoms. The van der Waals surface area contributed by atoms with Crippen molar-refractivity contribution in [2.45, 2.75) is 32.0 Å². The second-order valence-corrected chi connectivity index (χ2v) is 5.01. The van der Waals surface area contributed by atoms with Crippen molar-refractivity contribution < 1.29 is 27.9 Å². The molecule has 0 aromatic heterocycles. The number of halogens is 3. The highest BCUT2D eigenvalue weighted by Gasteiger charge is 2.33. The Morgan fingerprint density at radius 2 is 1.81 bits per heavy atom. The second-order valence-electron chi connectivity index (χ2n) is 5.01. The maximum Gasteiger partial charge on any atom is 0.401 e. The molecule has 0 aliphatic carbocycles. The van der Waals surface area contributed by atoms with Crippen molar-refractivity contribution >= 4 is 12.0 Å². The fourth-order valence-electron chi connectivity index (χ4n) is 2.15. The van der Waals surface area contributed by atoms with E-state index >= 15 is 0 Å². The number of aliphatic carboxylic acids is 1. The fourth-order valence-corrected chi connectivity index (χ4v) is 2.15. The molecule has 1 aliphatic heterocycles. The van der Waals surface area contributed by atoms with Crippen molar-refractivity contribution in [1.29, 1.82) is 0 Å². The highest BCUT2D eigenvalue weighted by molar-refractivity contribution is 5.82. The summed E-state index contributed by atoms with van der Waals surface area (Å²) in [5, 5.41) is 11.4. The Morgan fingerprint density at radius 3 is 2.24 bits per heavy atom. The van der Waals surface area contributed by atoms with Crippen LogP contribution in [-0.2, 0) is 4.79 Å². The van der Waals surface area contributed by atoms with Crippen LogP contribution in [0.4, 0.5) is 18.0 Å². The van der Waals surface area contributed by atoms with Gasteiger partial charge in [0.05, 0.1) is 6.54 Å². The molecule has 2 amide bonds. The zero-order valence-electron chi connectivity index (χ0n) is 11.8. The standard InChI is InChI=1S/C12H20F3N3O3/c1-2-3-9(10(19)20)16-11(21)18-6-4-17(5-7-18)8-12(13,14)15/h9H,2-8H2,1H3,(H,16,21)(H,19,20). The number of carboxylic acid groups (broad SMARTS) is 1. The number of alkyl halides is 3. The van der Waals surface area contributed by atoms with Crippen molar-refractivity contribution in [2.24, 2.45) is 0 Å². The molecular formula is C12H20F3N3O3. The smallest absolute Gasteiger partial charge is 0.401 e. The van der Waals surface area contributed by atoms with Gasteiger partial charge in [-0.1, -0.05) is 13.3 Å². The Kier molecular flexibility index (Phi) is 6.25. The molecular weight excluding hydrogens is 291 g/mol. The maximum absolute atomic E-state index is 12.2. The van der Waals surface area contributed by atoms with Gasteiger partial charge < -0.3 is 15.3 Å². The topological polar surface area (TPSA) is 72.9 Å². The Bertz CT molecular complexity index is 368. The van der Waals surface area contributed by atoms with Crippen molar-refractivity contribution in [3.05, 3.63) is 0 Å². The van der Waals surface area contributed by atoms with Gasteiger partial charge in [-0.3, -0.25) is 4.90 Å². The van der Waals surface area contributed by atoms with Gasteiger partial charge in [-0.25, -0.2) is 9.59 Å². The van der Waals surface area contributed by atoms with Crippen LogP contribution in [0.25, 0.3) is 0 Å². The number of rotatable bonds is 5. The number of nitrogens with zero attached hydrogens (tertiary/aromatic N) is 2. The first-order valence-electron chi connectivity index (χ1n) is 6.80. The zero-order chi connectivity index (χ0) is 16.0. The SMILES string of the molecule is CCCC(NC(=O)N1CCN(CC(F)(F)F)CC1)C(=O)O. The van der Waals surface area contributed by atoms with Crippen LogP contribution in [0.3, 0.4) is 0 Å². The number of carboxylic acids is 1. The largest absolute Gasteiger partial charge is 0.480 e. The minimum Gasteiger partial charge on any atom is -0.480 e. The number of hydrogen-bond donors (Lipinski definition) is 2. The van der Waals surface area contributed by atoms with E-state index in [0.29, 0.717) is 12.8 Å². The predicted octanol–water partition coefficient (Wildman–Crippen LogP) is 1.13. The molecule has 0 bridgehead atoms. The molecule has 1 saturated heterocycles. The monoisotopic (exact) mass is 311 g/mol. The number of urea groups is 1. The summed E-state index contributed by atoms with van der Waals surface area (Å²) in [6, 6.07) is -1.50. The molecule has 1 aliphatic rings. The molecule has 1 unspecified atom stereocenters. The highest BCUT2D eigenvalue weighted by Crippen LogP contribution is 2.17. The molecule has 1 heterocycles. The zero-order valence-corrected chi connectivity index (χ0v) is 11.8. The molecule has 122 valence electrons. The quantitative estimate of drug-likeness (QED) is 0.798. The number of carbonyl (C=O) groups excluding carboxylic acids is 1. The van der Waals surface area contributed by atoms with E-state index in [1.807, 2.05) is 0 Å². The summed E-state index contributed by atoms with van der Waals surface area (Å²) >= 11 is 0. The van der Waals surface area contributed by atoms with E-state index in [1.54, 1.807) is 6.92 Å². The first-order valence-corrected chi connectivity index (χ1v) is 6.80. The van der Waals surface area contributed by atoms with E-state index in [0.717, 1.165) is 0 Å². The lowest BCUT2D eigenvalue weighted by atomic mass is 10.2. The maximum atomic E-state index is 12.2. The third-order valence-corrected chi connectivity index (χ3v) is 3.24. The molecule has 0 aromatic rings. The summed E-state index contributed by atoms with van der Waals surface area (Å²) in [5.74, 6) is -1.11. The van der Waals surface area contributed by atoms with Gasteiger partial charge in [0.1, 0.15) is 6.04 Å². The summed E-state index contributed by atoms with van der Waals surface area (Å²) in [6.07, 6.45) is -3.33. The summed E-state index contributed by atoms with van der Waals surface area (Å²) < 4.78 is 36.7. The molecule has 6 nitrogen and oxygen atoms in total. The van der Waals surface area contributed by atoms with Crippen LogP contribution in [0.2, 0.25) is 0 Å². The average Bonchev–Trinajstić information content (AvgIpc) is 2.36. The first kappa shape index (κ1) is 17.5. The second kappa shape index (κ2) is 7.48. The normalized spacial score (nSPS) is 18.4. The van der Waals surface area contributed by atoms with E-state index in [-0.39, 0.29) is 26.2 Å². The van der Waals surface area contributed by atoms with Gasteiger partial charge in [-0.05, 0) is 6.42 Å². The lowest BCUT2D eigenvalue weighted by molar-refractivity contribution is -0.148. The molecule has 0 spiro atoms. The Morgan fingerprint density at radius 1 is 1.24 bits per heavy atom. The Balaban J connectivity index is 2.42. The first-order chi connectivity index (χ1) is 9.73. The van der Waals surface area contributed by atoms with Crippen LogP contribution < -0.4 is 5.32 Å². The highest BCUT2D eigenvalue weighted by atomic mass is 19.4. The van der Waals surface area contributed by atoms with Crippen LogP contribution in [0, 0.1) is 0 Å². The Hall–Kier alpha value is -1.51. The molecule has 1 rings (SSSR count). The summed E-state index contributed by atoms with van der Waals surface area (Å²) in [6.45, 7) is 1.37. The van der Waals surface area contributed by atoms with Gasteiger partial charge in [-0.15, -0.1) is 0 Å². The summed E-state index contributed by atoms with van der Waals surface area (Å²) in [7, 11) is 0. The van der Waals surface area contributed by atoms with Crippen LogP contribution in [0.15, 0.2) is 0 Å². The van der Waals surface area contributed by atoms with Gasteiger partial charge in [0.25, 0.3) is 0 Å². The number of piperazine rings is 1. The van der Waals surface area contributed by atoms with E-state index in [2.05, 4.69) is 5.32 Å². The van der Waals surface area contributed by atoms with E-state index in [1.165, 1.54) is 9.80 Å². The molecule has 0 saturated carbocycles. The number of nitrogens with one attached hydrogen (secondary N) is 1. The van der Waals surface area contributed by atoms with Gasteiger partial charge >= 0.3 is 18.2 Å². The molecule has 21 heavy (non-hydrogen) atoms. The molecule has 2 N–H and O–H groups in total. The van der Waals surface area contributed by atoms with Crippen molar-refractivity contribution in [3.63, 3.8) is 0 Å². The lowest BCUT2D eigenvalue weighted by Gasteiger charge is -2.35. The third-order valence-electron chi connectivity index (χ3n) is 3.24. The molecule has 0 radical (unpaired) electrons. The van der Waals surface area contributed by atoms with E-state index < -0.39 is 30.8 Å². The van der Waals surface area contributed by atoms with Gasteiger partial charge in [0.15, 0.2) is 0 Å². The van der Waals surface area contributed by atoms with Crippen LogP contribution in [0.5, 0.6) is 0 Å². The molecule has 0 aromatic carbocycles. The van der Waals surface area contributed by atoms with E-state index in [9.17, 15) is 22.8 Å². The third kappa shape index (κ3) is 6.19. The van der Waals surface area contributed by atoms with Gasteiger partial charge in [0, 0.05) is 26.2 Å². The summed E-state index contributed by atoms with van der Waals surface area (Å²) in [5.41, 5.74) is 0. The van der Waals surface area contributed by atoms with Crippen LogP contribution >= 0.6 is 0 Å². The number of hydrogen-bond acceptors (Lipinski definition) is 3. The minimum absolute atomic E-state index is 0.123. The van der Waals surface area contributed by atoms with Crippen molar-refractivity contribution in [2.75, 3.05) is 32.7 Å². The minimum atomic E-state index is -4.25. The van der Waals surface area contributed by atoms with Gasteiger partial charge in [0.2, 0.25) is 0 Å².